The Bertz CT molecular complexity index is 454. The molecule has 5 heteroatoms. The summed E-state index contributed by atoms with van der Waals surface area (Å²) in [6.45, 7) is 0.862. The number of hydrogen-bond acceptors (Lipinski definition) is 3. The monoisotopic (exact) mass is 255 g/mol. The Hall–Kier alpha value is -0.910. The van der Waals surface area contributed by atoms with E-state index < -0.39 is 10.0 Å². The van der Waals surface area contributed by atoms with Crippen LogP contribution in [0, 0.1) is 0 Å². The van der Waals surface area contributed by atoms with Gasteiger partial charge in [0.15, 0.2) is 0 Å². The summed E-state index contributed by atoms with van der Waals surface area (Å²) >= 11 is 0. The topological polar surface area (TPSA) is 46.6 Å². The van der Waals surface area contributed by atoms with Gasteiger partial charge in [0.05, 0.1) is 11.5 Å². The van der Waals surface area contributed by atoms with E-state index in [1.54, 1.807) is 35.7 Å². The SMILES string of the molecule is COCCN(C1CC1)S(=O)(=O)c1ccccc1. The standard InChI is InChI=1S/C12H17NO3S/c1-16-10-9-13(11-7-8-11)17(14,15)12-5-3-2-4-6-12/h2-6,11H,7-10H2,1H3. The van der Waals surface area contributed by atoms with Gasteiger partial charge < -0.3 is 4.74 Å². The van der Waals surface area contributed by atoms with E-state index in [0.29, 0.717) is 18.0 Å². The zero-order chi connectivity index (χ0) is 12.3. The Morgan fingerprint density at radius 2 is 1.94 bits per heavy atom. The van der Waals surface area contributed by atoms with Crippen LogP contribution in [0.4, 0.5) is 0 Å². The molecule has 1 saturated carbocycles. The first-order valence-electron chi connectivity index (χ1n) is 5.72. The molecule has 0 N–H and O–H groups in total. The fourth-order valence-corrected chi connectivity index (χ4v) is 3.46. The zero-order valence-corrected chi connectivity index (χ0v) is 10.7. The summed E-state index contributed by atoms with van der Waals surface area (Å²) in [6, 6.07) is 8.74. The third kappa shape index (κ3) is 2.86. The van der Waals surface area contributed by atoms with Gasteiger partial charge in [0.2, 0.25) is 10.0 Å². The van der Waals surface area contributed by atoms with Crippen molar-refractivity contribution >= 4 is 10.0 Å². The maximum Gasteiger partial charge on any atom is 0.243 e. The largest absolute Gasteiger partial charge is 0.383 e. The van der Waals surface area contributed by atoms with Crippen molar-refractivity contribution in [3.63, 3.8) is 0 Å². The molecule has 1 aromatic carbocycles. The summed E-state index contributed by atoms with van der Waals surface area (Å²) in [6.07, 6.45) is 1.91. The van der Waals surface area contributed by atoms with E-state index in [-0.39, 0.29) is 6.04 Å². The van der Waals surface area contributed by atoms with E-state index in [1.807, 2.05) is 6.07 Å². The van der Waals surface area contributed by atoms with Gasteiger partial charge in [-0.15, -0.1) is 0 Å². The summed E-state index contributed by atoms with van der Waals surface area (Å²) in [5, 5.41) is 0. The molecular weight excluding hydrogens is 238 g/mol. The lowest BCUT2D eigenvalue weighted by atomic mass is 10.4. The molecule has 1 fully saturated rings. The number of benzene rings is 1. The maximum atomic E-state index is 12.4. The number of sulfonamides is 1. The van der Waals surface area contributed by atoms with Gasteiger partial charge in [-0.25, -0.2) is 8.42 Å². The summed E-state index contributed by atoms with van der Waals surface area (Å²) in [5.74, 6) is 0. The van der Waals surface area contributed by atoms with Crippen molar-refractivity contribution in [1.82, 2.24) is 4.31 Å². The van der Waals surface area contributed by atoms with Gasteiger partial charge in [-0.1, -0.05) is 18.2 Å². The highest BCUT2D eigenvalue weighted by atomic mass is 32.2. The quantitative estimate of drug-likeness (QED) is 0.773. The summed E-state index contributed by atoms with van der Waals surface area (Å²) < 4.78 is 31.3. The molecular formula is C12H17NO3S. The Kier molecular flexibility index (Phi) is 3.81. The van der Waals surface area contributed by atoms with Gasteiger partial charge >= 0.3 is 0 Å². The zero-order valence-electron chi connectivity index (χ0n) is 9.87. The van der Waals surface area contributed by atoms with E-state index in [2.05, 4.69) is 0 Å². The van der Waals surface area contributed by atoms with Crippen LogP contribution in [0.5, 0.6) is 0 Å². The molecule has 0 saturated heterocycles. The molecule has 0 unspecified atom stereocenters. The second-order valence-corrected chi connectivity index (χ2v) is 6.04. The lowest BCUT2D eigenvalue weighted by Crippen LogP contribution is -2.35. The van der Waals surface area contributed by atoms with Gasteiger partial charge in [-0.3, -0.25) is 0 Å². The fourth-order valence-electron chi connectivity index (χ4n) is 1.77. The molecule has 2 rings (SSSR count). The summed E-state index contributed by atoms with van der Waals surface area (Å²) in [7, 11) is -1.77. The molecule has 0 radical (unpaired) electrons. The number of methoxy groups -OCH3 is 1. The molecule has 0 aliphatic heterocycles. The predicted octanol–water partition coefficient (Wildman–Crippen LogP) is 1.49. The van der Waals surface area contributed by atoms with Crippen LogP contribution in [0.3, 0.4) is 0 Å². The number of nitrogens with zero attached hydrogens (tertiary/aromatic N) is 1. The molecule has 1 aliphatic carbocycles. The Labute approximate surface area is 102 Å². The van der Waals surface area contributed by atoms with Crippen molar-refractivity contribution in [3.05, 3.63) is 30.3 Å². The van der Waals surface area contributed by atoms with E-state index in [1.165, 1.54) is 0 Å². The van der Waals surface area contributed by atoms with E-state index in [4.69, 9.17) is 4.74 Å². The smallest absolute Gasteiger partial charge is 0.243 e. The number of rotatable bonds is 6. The molecule has 0 bridgehead atoms. The molecule has 1 aliphatic rings. The van der Waals surface area contributed by atoms with Crippen molar-refractivity contribution in [3.8, 4) is 0 Å². The van der Waals surface area contributed by atoms with Crippen LogP contribution in [0.25, 0.3) is 0 Å². The Morgan fingerprint density at radius 3 is 2.47 bits per heavy atom. The van der Waals surface area contributed by atoms with Crippen molar-refractivity contribution in [2.75, 3.05) is 20.3 Å². The second kappa shape index (κ2) is 5.16. The van der Waals surface area contributed by atoms with Gasteiger partial charge in [-0.2, -0.15) is 4.31 Å². The fraction of sp³-hybridized carbons (Fsp3) is 0.500. The summed E-state index contributed by atoms with van der Waals surface area (Å²) in [4.78, 5) is 0.364. The molecule has 4 nitrogen and oxygen atoms in total. The average molecular weight is 255 g/mol. The predicted molar refractivity (Wildman–Crippen MR) is 65.2 cm³/mol. The minimum absolute atomic E-state index is 0.162. The molecule has 1 aromatic rings. The van der Waals surface area contributed by atoms with Crippen molar-refractivity contribution < 1.29 is 13.2 Å². The van der Waals surface area contributed by atoms with Crippen LogP contribution in [0.15, 0.2) is 35.2 Å². The van der Waals surface area contributed by atoms with Gasteiger partial charge in [0.25, 0.3) is 0 Å². The lowest BCUT2D eigenvalue weighted by Gasteiger charge is -2.21. The van der Waals surface area contributed by atoms with E-state index in [0.717, 1.165) is 12.8 Å². The van der Waals surface area contributed by atoms with Crippen LogP contribution >= 0.6 is 0 Å². The molecule has 17 heavy (non-hydrogen) atoms. The van der Waals surface area contributed by atoms with Crippen LogP contribution in [-0.4, -0.2) is 39.0 Å². The summed E-state index contributed by atoms with van der Waals surface area (Å²) in [5.41, 5.74) is 0. The highest BCUT2D eigenvalue weighted by molar-refractivity contribution is 7.89. The molecule has 0 amide bonds. The third-order valence-corrected chi connectivity index (χ3v) is 4.79. The van der Waals surface area contributed by atoms with Crippen LogP contribution in [0.1, 0.15) is 12.8 Å². The minimum Gasteiger partial charge on any atom is -0.383 e. The molecule has 0 heterocycles. The average Bonchev–Trinajstić information content (AvgIpc) is 3.15. The Morgan fingerprint density at radius 1 is 1.29 bits per heavy atom. The highest BCUT2D eigenvalue weighted by Crippen LogP contribution is 2.31. The molecule has 94 valence electrons. The first kappa shape index (κ1) is 12.5. The van der Waals surface area contributed by atoms with E-state index >= 15 is 0 Å². The minimum atomic E-state index is -3.36. The molecule has 0 spiro atoms. The number of hydrogen-bond donors (Lipinski definition) is 0. The van der Waals surface area contributed by atoms with Gasteiger partial charge in [0, 0.05) is 19.7 Å². The van der Waals surface area contributed by atoms with Crippen molar-refractivity contribution in [2.24, 2.45) is 0 Å². The van der Waals surface area contributed by atoms with Crippen molar-refractivity contribution in [1.29, 1.82) is 0 Å². The van der Waals surface area contributed by atoms with Crippen LogP contribution in [-0.2, 0) is 14.8 Å². The lowest BCUT2D eigenvalue weighted by molar-refractivity contribution is 0.177. The highest BCUT2D eigenvalue weighted by Gasteiger charge is 2.37. The second-order valence-electron chi connectivity index (χ2n) is 4.15. The van der Waals surface area contributed by atoms with Crippen molar-refractivity contribution in [2.45, 2.75) is 23.8 Å². The van der Waals surface area contributed by atoms with Crippen LogP contribution < -0.4 is 0 Å². The van der Waals surface area contributed by atoms with Gasteiger partial charge in [-0.05, 0) is 25.0 Å². The van der Waals surface area contributed by atoms with Gasteiger partial charge in [0.1, 0.15) is 0 Å². The normalized spacial score (nSPS) is 16.4. The third-order valence-electron chi connectivity index (χ3n) is 2.82. The first-order valence-corrected chi connectivity index (χ1v) is 7.16. The Balaban J connectivity index is 2.22. The number of ether oxygens (including phenoxy) is 1. The van der Waals surface area contributed by atoms with Crippen LogP contribution in [0.2, 0.25) is 0 Å². The maximum absolute atomic E-state index is 12.4. The molecule has 0 aromatic heterocycles. The van der Waals surface area contributed by atoms with E-state index in [9.17, 15) is 8.42 Å². The molecule has 0 atom stereocenters. The first-order chi connectivity index (χ1) is 8.16.